The highest BCUT2D eigenvalue weighted by Crippen LogP contribution is 2.31. The summed E-state index contributed by atoms with van der Waals surface area (Å²) >= 11 is 0. The Hall–Kier alpha value is -4.40. The number of rotatable bonds is 8. The Morgan fingerprint density at radius 1 is 0.971 bits per heavy atom. The van der Waals surface area contributed by atoms with Crippen molar-refractivity contribution in [1.82, 2.24) is 9.88 Å². The van der Waals surface area contributed by atoms with E-state index in [1.54, 1.807) is 68.8 Å². The van der Waals surface area contributed by atoms with Crippen molar-refractivity contribution in [3.63, 3.8) is 0 Å². The Balaban J connectivity index is 1.64. The zero-order valence-corrected chi connectivity index (χ0v) is 19.1. The molecule has 0 atom stereocenters. The van der Waals surface area contributed by atoms with E-state index in [9.17, 15) is 9.59 Å². The van der Waals surface area contributed by atoms with Gasteiger partial charge >= 0.3 is 6.03 Å². The van der Waals surface area contributed by atoms with E-state index in [-0.39, 0.29) is 24.7 Å². The number of nitrogens with zero attached hydrogens (tertiary/aromatic N) is 1. The van der Waals surface area contributed by atoms with Crippen molar-refractivity contribution in [1.29, 1.82) is 0 Å². The second-order valence-corrected chi connectivity index (χ2v) is 7.51. The van der Waals surface area contributed by atoms with Gasteiger partial charge in [0.1, 0.15) is 11.5 Å². The number of hydrogen-bond acceptors (Lipinski definition) is 6. The Labute approximate surface area is 195 Å². The number of pyridine rings is 1. The third kappa shape index (κ3) is 4.98. The highest BCUT2D eigenvalue weighted by Gasteiger charge is 2.19. The molecule has 2 heterocycles. The highest BCUT2D eigenvalue weighted by atomic mass is 16.5. The molecule has 2 amide bonds. The molecule has 0 spiro atoms. The molecule has 0 bridgehead atoms. The number of amides is 2. The van der Waals surface area contributed by atoms with Gasteiger partial charge in [0, 0.05) is 22.7 Å². The number of methoxy groups -OCH3 is 3. The van der Waals surface area contributed by atoms with E-state index in [0.717, 1.165) is 5.39 Å². The number of nitrogens with one attached hydrogen (secondary N) is 2. The fourth-order valence-corrected chi connectivity index (χ4v) is 3.57. The van der Waals surface area contributed by atoms with Crippen molar-refractivity contribution in [3.05, 3.63) is 82.5 Å². The molecule has 2 aromatic heterocycles. The van der Waals surface area contributed by atoms with Crippen LogP contribution >= 0.6 is 0 Å². The van der Waals surface area contributed by atoms with Crippen LogP contribution in [0.15, 0.2) is 70.1 Å². The van der Waals surface area contributed by atoms with Crippen LogP contribution in [0.5, 0.6) is 17.2 Å². The number of benzene rings is 2. The van der Waals surface area contributed by atoms with Gasteiger partial charge in [-0.05, 0) is 48.5 Å². The predicted molar refractivity (Wildman–Crippen MR) is 128 cm³/mol. The smallest absolute Gasteiger partial charge is 0.322 e. The molecule has 0 saturated carbocycles. The number of aromatic nitrogens is 1. The molecular weight excluding hydrogens is 438 g/mol. The van der Waals surface area contributed by atoms with Crippen molar-refractivity contribution < 1.29 is 23.4 Å². The van der Waals surface area contributed by atoms with Gasteiger partial charge in [0.25, 0.3) is 5.56 Å². The molecule has 0 aliphatic carbocycles. The summed E-state index contributed by atoms with van der Waals surface area (Å²) < 4.78 is 21.3. The third-order valence-corrected chi connectivity index (χ3v) is 5.34. The summed E-state index contributed by atoms with van der Waals surface area (Å²) in [6, 6.07) is 15.4. The summed E-state index contributed by atoms with van der Waals surface area (Å²) in [6.45, 7) is 0.237. The standard InChI is InChI=1S/C25H25N3O6/c1-31-19-8-6-18(7-9-19)26-25(30)28(15-20-5-4-10-34-20)14-17-11-16-12-22(32-2)23(33-3)13-21(16)27-24(17)29/h4-13H,14-15H2,1-3H3,(H,26,30)(H,27,29). The van der Waals surface area contributed by atoms with Gasteiger partial charge in [-0.2, -0.15) is 0 Å². The molecule has 4 rings (SSSR count). The average molecular weight is 463 g/mol. The van der Waals surface area contributed by atoms with E-state index in [4.69, 9.17) is 18.6 Å². The van der Waals surface area contributed by atoms with Crippen LogP contribution in [-0.2, 0) is 13.1 Å². The molecule has 4 aromatic rings. The summed E-state index contributed by atoms with van der Waals surface area (Å²) in [5, 5.41) is 3.61. The molecule has 0 aliphatic heterocycles. The SMILES string of the molecule is COc1ccc(NC(=O)N(Cc2ccco2)Cc2cc3cc(OC)c(OC)cc3[nH]c2=O)cc1. The fourth-order valence-electron chi connectivity index (χ4n) is 3.57. The summed E-state index contributed by atoms with van der Waals surface area (Å²) in [5.74, 6) is 2.32. The molecule has 34 heavy (non-hydrogen) atoms. The molecule has 0 radical (unpaired) electrons. The van der Waals surface area contributed by atoms with Gasteiger partial charge < -0.3 is 33.8 Å². The number of H-pyrrole nitrogens is 1. The first-order valence-electron chi connectivity index (χ1n) is 10.5. The van der Waals surface area contributed by atoms with Crippen molar-refractivity contribution in [2.45, 2.75) is 13.1 Å². The van der Waals surface area contributed by atoms with Crippen molar-refractivity contribution >= 4 is 22.6 Å². The number of aromatic amines is 1. The zero-order valence-electron chi connectivity index (χ0n) is 19.1. The van der Waals surface area contributed by atoms with Gasteiger partial charge in [0.15, 0.2) is 11.5 Å². The number of urea groups is 1. The van der Waals surface area contributed by atoms with Crippen LogP contribution in [0.2, 0.25) is 0 Å². The molecule has 0 saturated heterocycles. The molecule has 0 unspecified atom stereocenters. The van der Waals surface area contributed by atoms with Crippen LogP contribution in [-0.4, -0.2) is 37.2 Å². The maximum atomic E-state index is 13.1. The zero-order chi connectivity index (χ0) is 24.1. The predicted octanol–water partition coefficient (Wildman–Crippen LogP) is 4.38. The lowest BCUT2D eigenvalue weighted by Gasteiger charge is -2.22. The van der Waals surface area contributed by atoms with Crippen LogP contribution in [0.3, 0.4) is 0 Å². The van der Waals surface area contributed by atoms with Crippen LogP contribution in [0.1, 0.15) is 11.3 Å². The van der Waals surface area contributed by atoms with Crippen LogP contribution < -0.4 is 25.1 Å². The van der Waals surface area contributed by atoms with Gasteiger partial charge in [-0.1, -0.05) is 0 Å². The maximum absolute atomic E-state index is 13.1. The first kappa shape index (κ1) is 22.8. The lowest BCUT2D eigenvalue weighted by Crippen LogP contribution is -2.35. The molecule has 176 valence electrons. The number of anilines is 1. The van der Waals surface area contributed by atoms with Gasteiger partial charge in [0.05, 0.1) is 46.2 Å². The number of carbonyl (C=O) groups is 1. The van der Waals surface area contributed by atoms with E-state index in [1.807, 2.05) is 0 Å². The molecular formula is C25H25N3O6. The van der Waals surface area contributed by atoms with Gasteiger partial charge in [-0.3, -0.25) is 4.79 Å². The summed E-state index contributed by atoms with van der Waals surface area (Å²) in [5.41, 5.74) is 1.31. The van der Waals surface area contributed by atoms with Crippen LogP contribution in [0.4, 0.5) is 10.5 Å². The van der Waals surface area contributed by atoms with Gasteiger partial charge in [0.2, 0.25) is 0 Å². The first-order chi connectivity index (χ1) is 16.5. The molecule has 0 fully saturated rings. The van der Waals surface area contributed by atoms with E-state index in [0.29, 0.717) is 39.8 Å². The number of fused-ring (bicyclic) bond motifs is 1. The second-order valence-electron chi connectivity index (χ2n) is 7.51. The number of hydrogen-bond donors (Lipinski definition) is 2. The van der Waals surface area contributed by atoms with Crippen molar-refractivity contribution in [2.24, 2.45) is 0 Å². The number of carbonyl (C=O) groups excluding carboxylic acids is 1. The molecule has 2 N–H and O–H groups in total. The molecule has 2 aromatic carbocycles. The molecule has 9 nitrogen and oxygen atoms in total. The minimum Gasteiger partial charge on any atom is -0.497 e. The topological polar surface area (TPSA) is 106 Å². The average Bonchev–Trinajstić information content (AvgIpc) is 3.37. The highest BCUT2D eigenvalue weighted by molar-refractivity contribution is 5.89. The molecule has 0 aliphatic rings. The lowest BCUT2D eigenvalue weighted by molar-refractivity contribution is 0.201. The summed E-state index contributed by atoms with van der Waals surface area (Å²) in [4.78, 5) is 30.4. The van der Waals surface area contributed by atoms with Crippen molar-refractivity contribution in [2.75, 3.05) is 26.6 Å². The van der Waals surface area contributed by atoms with Gasteiger partial charge in [-0.25, -0.2) is 4.79 Å². The summed E-state index contributed by atoms with van der Waals surface area (Å²) in [6.07, 6.45) is 1.54. The Morgan fingerprint density at radius 3 is 2.35 bits per heavy atom. The molecule has 9 heteroatoms. The fraction of sp³-hybridized carbons (Fsp3) is 0.200. The largest absolute Gasteiger partial charge is 0.497 e. The lowest BCUT2D eigenvalue weighted by atomic mass is 10.1. The monoisotopic (exact) mass is 463 g/mol. The summed E-state index contributed by atoms with van der Waals surface area (Å²) in [7, 11) is 4.65. The van der Waals surface area contributed by atoms with Crippen LogP contribution in [0.25, 0.3) is 10.9 Å². The van der Waals surface area contributed by atoms with Crippen molar-refractivity contribution in [3.8, 4) is 17.2 Å². The normalized spacial score (nSPS) is 10.7. The van der Waals surface area contributed by atoms with E-state index in [1.165, 1.54) is 18.3 Å². The Kier molecular flexibility index (Phi) is 6.72. The Bertz CT molecular complexity index is 1330. The van der Waals surface area contributed by atoms with E-state index in [2.05, 4.69) is 10.3 Å². The maximum Gasteiger partial charge on any atom is 0.322 e. The van der Waals surface area contributed by atoms with Crippen LogP contribution in [0, 0.1) is 0 Å². The quantitative estimate of drug-likeness (QED) is 0.402. The Morgan fingerprint density at radius 2 is 1.71 bits per heavy atom. The van der Waals surface area contributed by atoms with Gasteiger partial charge in [-0.15, -0.1) is 0 Å². The van der Waals surface area contributed by atoms with E-state index >= 15 is 0 Å². The minimum atomic E-state index is -0.381. The van der Waals surface area contributed by atoms with E-state index < -0.39 is 0 Å². The third-order valence-electron chi connectivity index (χ3n) is 5.34. The first-order valence-corrected chi connectivity index (χ1v) is 10.5. The second kappa shape index (κ2) is 10.0. The number of ether oxygens (including phenoxy) is 3. The minimum absolute atomic E-state index is 0.0578. The number of furan rings is 1.